The number of aromatic amines is 1. The van der Waals surface area contributed by atoms with Crippen molar-refractivity contribution in [1.82, 2.24) is 15.0 Å². The summed E-state index contributed by atoms with van der Waals surface area (Å²) in [4.78, 5) is 23.1. The second-order valence-corrected chi connectivity index (χ2v) is 7.06. The number of carboxylic acids is 1. The van der Waals surface area contributed by atoms with Crippen molar-refractivity contribution in [3.8, 4) is 0 Å². The van der Waals surface area contributed by atoms with Crippen molar-refractivity contribution in [3.05, 3.63) is 89.4 Å². The average Bonchev–Trinajstić information content (AvgIpc) is 3.17. The lowest BCUT2D eigenvalue weighted by Crippen LogP contribution is -2.08. The standard InChI is InChI=1S/C23H22N4O2/c1-15(17-5-3-2-4-6-17)26-21-20-13-19(27-22(20)25-14-24-21)12-9-16-7-10-18(11-8-16)23(28)29/h2-8,10-11,13-15H,9,12H2,1H3,(H,28,29)(H2,24,25,26,27)/t15-/m1/s1. The van der Waals surface area contributed by atoms with Crippen molar-refractivity contribution in [2.24, 2.45) is 0 Å². The molecule has 6 nitrogen and oxygen atoms in total. The fourth-order valence-corrected chi connectivity index (χ4v) is 3.37. The Kier molecular flexibility index (Phi) is 5.24. The van der Waals surface area contributed by atoms with Crippen molar-refractivity contribution in [2.75, 3.05) is 5.32 Å². The average molecular weight is 386 g/mol. The molecule has 6 heteroatoms. The molecule has 29 heavy (non-hydrogen) atoms. The molecule has 1 atom stereocenters. The zero-order chi connectivity index (χ0) is 20.2. The van der Waals surface area contributed by atoms with E-state index in [1.165, 1.54) is 5.56 Å². The van der Waals surface area contributed by atoms with Gasteiger partial charge in [-0.2, -0.15) is 0 Å². The number of nitrogens with one attached hydrogen (secondary N) is 2. The number of benzene rings is 2. The number of carbonyl (C=O) groups is 1. The maximum Gasteiger partial charge on any atom is 0.335 e. The summed E-state index contributed by atoms with van der Waals surface area (Å²) in [6.45, 7) is 2.11. The molecule has 0 aliphatic rings. The Bertz CT molecular complexity index is 1120. The van der Waals surface area contributed by atoms with E-state index in [9.17, 15) is 4.79 Å². The first-order valence-corrected chi connectivity index (χ1v) is 9.56. The molecule has 0 aliphatic heterocycles. The van der Waals surface area contributed by atoms with Gasteiger partial charge in [-0.1, -0.05) is 42.5 Å². The van der Waals surface area contributed by atoms with E-state index < -0.39 is 5.97 Å². The highest BCUT2D eigenvalue weighted by atomic mass is 16.4. The summed E-state index contributed by atoms with van der Waals surface area (Å²) in [7, 11) is 0. The summed E-state index contributed by atoms with van der Waals surface area (Å²) in [5.41, 5.74) is 4.46. The van der Waals surface area contributed by atoms with E-state index in [1.807, 2.05) is 30.3 Å². The quantitative estimate of drug-likeness (QED) is 0.431. The fourth-order valence-electron chi connectivity index (χ4n) is 3.37. The molecule has 0 fully saturated rings. The number of fused-ring (bicyclic) bond motifs is 1. The summed E-state index contributed by atoms with van der Waals surface area (Å²) < 4.78 is 0. The Morgan fingerprint density at radius 1 is 1.07 bits per heavy atom. The first-order valence-electron chi connectivity index (χ1n) is 9.56. The third kappa shape index (κ3) is 4.27. The van der Waals surface area contributed by atoms with Crippen molar-refractivity contribution < 1.29 is 9.90 Å². The van der Waals surface area contributed by atoms with Gasteiger partial charge in [0.25, 0.3) is 0 Å². The minimum Gasteiger partial charge on any atom is -0.478 e. The molecule has 146 valence electrons. The molecule has 0 amide bonds. The molecular formula is C23H22N4O2. The predicted molar refractivity (Wildman–Crippen MR) is 113 cm³/mol. The van der Waals surface area contributed by atoms with Crippen LogP contribution in [0.4, 0.5) is 5.82 Å². The molecule has 4 aromatic rings. The van der Waals surface area contributed by atoms with Gasteiger partial charge in [0.05, 0.1) is 10.9 Å². The van der Waals surface area contributed by atoms with Crippen LogP contribution in [-0.4, -0.2) is 26.0 Å². The lowest BCUT2D eigenvalue weighted by atomic mass is 10.1. The molecule has 2 heterocycles. The number of aromatic carboxylic acids is 1. The molecule has 4 rings (SSSR count). The smallest absolute Gasteiger partial charge is 0.335 e. The number of carboxylic acid groups (broad SMARTS) is 1. The van der Waals surface area contributed by atoms with E-state index in [-0.39, 0.29) is 6.04 Å². The molecule has 0 saturated carbocycles. The zero-order valence-corrected chi connectivity index (χ0v) is 16.1. The number of anilines is 1. The second-order valence-electron chi connectivity index (χ2n) is 7.06. The molecule has 0 spiro atoms. The Labute approximate surface area is 168 Å². The van der Waals surface area contributed by atoms with Gasteiger partial charge >= 0.3 is 5.97 Å². The molecule has 0 saturated heterocycles. The number of aryl methyl sites for hydroxylation is 2. The van der Waals surface area contributed by atoms with Crippen LogP contribution >= 0.6 is 0 Å². The number of nitrogens with zero attached hydrogens (tertiary/aromatic N) is 2. The maximum absolute atomic E-state index is 11.0. The number of hydrogen-bond donors (Lipinski definition) is 3. The number of hydrogen-bond acceptors (Lipinski definition) is 4. The van der Waals surface area contributed by atoms with E-state index in [1.54, 1.807) is 18.5 Å². The van der Waals surface area contributed by atoms with Crippen LogP contribution in [0.25, 0.3) is 11.0 Å². The van der Waals surface area contributed by atoms with Crippen LogP contribution in [0.1, 0.15) is 40.1 Å². The van der Waals surface area contributed by atoms with Gasteiger partial charge in [0.2, 0.25) is 0 Å². The van der Waals surface area contributed by atoms with E-state index in [2.05, 4.69) is 45.4 Å². The van der Waals surface area contributed by atoms with Gasteiger partial charge in [-0.25, -0.2) is 14.8 Å². The van der Waals surface area contributed by atoms with Gasteiger partial charge in [0, 0.05) is 11.7 Å². The Hall–Kier alpha value is -3.67. The van der Waals surface area contributed by atoms with Gasteiger partial charge < -0.3 is 15.4 Å². The largest absolute Gasteiger partial charge is 0.478 e. The summed E-state index contributed by atoms with van der Waals surface area (Å²) in [6, 6.07) is 19.5. The Balaban J connectivity index is 1.49. The number of rotatable bonds is 7. The van der Waals surface area contributed by atoms with Gasteiger partial charge in [-0.15, -0.1) is 0 Å². The molecule has 2 aromatic heterocycles. The number of aromatic nitrogens is 3. The topological polar surface area (TPSA) is 90.9 Å². The lowest BCUT2D eigenvalue weighted by molar-refractivity contribution is 0.0697. The van der Waals surface area contributed by atoms with Gasteiger partial charge in [-0.3, -0.25) is 0 Å². The van der Waals surface area contributed by atoms with E-state index in [0.29, 0.717) is 5.56 Å². The van der Waals surface area contributed by atoms with Crippen LogP contribution in [0.5, 0.6) is 0 Å². The lowest BCUT2D eigenvalue weighted by Gasteiger charge is -2.15. The Morgan fingerprint density at radius 3 is 2.55 bits per heavy atom. The SMILES string of the molecule is C[C@@H](Nc1ncnc2[nH]c(CCc3ccc(C(=O)O)cc3)cc12)c1ccccc1. The minimum atomic E-state index is -0.907. The third-order valence-corrected chi connectivity index (χ3v) is 5.02. The Morgan fingerprint density at radius 2 is 1.83 bits per heavy atom. The molecule has 3 N–H and O–H groups in total. The monoisotopic (exact) mass is 386 g/mol. The van der Waals surface area contributed by atoms with Gasteiger partial charge in [0.15, 0.2) is 0 Å². The maximum atomic E-state index is 11.0. The molecule has 0 unspecified atom stereocenters. The van der Waals surface area contributed by atoms with Crippen LogP contribution in [0.15, 0.2) is 67.0 Å². The highest BCUT2D eigenvalue weighted by Gasteiger charge is 2.12. The summed E-state index contributed by atoms with van der Waals surface area (Å²) in [6.07, 6.45) is 3.17. The molecule has 0 bridgehead atoms. The highest BCUT2D eigenvalue weighted by Crippen LogP contribution is 2.25. The van der Waals surface area contributed by atoms with Crippen molar-refractivity contribution in [2.45, 2.75) is 25.8 Å². The van der Waals surface area contributed by atoms with Crippen LogP contribution < -0.4 is 5.32 Å². The van der Waals surface area contributed by atoms with Crippen molar-refractivity contribution in [3.63, 3.8) is 0 Å². The fraction of sp³-hybridized carbons (Fsp3) is 0.174. The second kappa shape index (κ2) is 8.14. The van der Waals surface area contributed by atoms with E-state index in [0.717, 1.165) is 41.0 Å². The van der Waals surface area contributed by atoms with Crippen molar-refractivity contribution >= 4 is 22.8 Å². The minimum absolute atomic E-state index is 0.125. The van der Waals surface area contributed by atoms with Crippen LogP contribution in [-0.2, 0) is 12.8 Å². The molecule has 2 aromatic carbocycles. The highest BCUT2D eigenvalue weighted by molar-refractivity contribution is 5.88. The van der Waals surface area contributed by atoms with Gasteiger partial charge in [-0.05, 0) is 49.1 Å². The predicted octanol–water partition coefficient (Wildman–Crippen LogP) is 4.61. The van der Waals surface area contributed by atoms with E-state index >= 15 is 0 Å². The van der Waals surface area contributed by atoms with Crippen molar-refractivity contribution in [1.29, 1.82) is 0 Å². The third-order valence-electron chi connectivity index (χ3n) is 5.02. The first-order chi connectivity index (χ1) is 14.1. The molecule has 0 aliphatic carbocycles. The van der Waals surface area contributed by atoms with Crippen LogP contribution in [0.2, 0.25) is 0 Å². The summed E-state index contributed by atoms with van der Waals surface area (Å²) in [5, 5.41) is 13.4. The normalized spacial score (nSPS) is 12.0. The zero-order valence-electron chi connectivity index (χ0n) is 16.1. The van der Waals surface area contributed by atoms with Crippen LogP contribution in [0, 0.1) is 0 Å². The van der Waals surface area contributed by atoms with Crippen LogP contribution in [0.3, 0.4) is 0 Å². The summed E-state index contributed by atoms with van der Waals surface area (Å²) in [5.74, 6) is -0.102. The van der Waals surface area contributed by atoms with E-state index in [4.69, 9.17) is 5.11 Å². The molecular weight excluding hydrogens is 364 g/mol. The molecule has 0 radical (unpaired) electrons. The van der Waals surface area contributed by atoms with Gasteiger partial charge in [0.1, 0.15) is 17.8 Å². The summed E-state index contributed by atoms with van der Waals surface area (Å²) >= 11 is 0. The first kappa shape index (κ1) is 18.7. The number of H-pyrrole nitrogens is 1.